The third-order valence-electron chi connectivity index (χ3n) is 3.53. The second-order valence-corrected chi connectivity index (χ2v) is 5.79. The molecule has 26 heavy (non-hydrogen) atoms. The van der Waals surface area contributed by atoms with E-state index in [1.807, 2.05) is 41.2 Å². The first-order valence-corrected chi connectivity index (χ1v) is 8.21. The van der Waals surface area contributed by atoms with Crippen LogP contribution in [-0.2, 0) is 4.79 Å². The molecule has 0 bridgehead atoms. The number of para-hydroxylation sites is 1. The predicted molar refractivity (Wildman–Crippen MR) is 98.3 cm³/mol. The Hall–Kier alpha value is -3.25. The molecule has 0 radical (unpaired) electrons. The lowest BCUT2D eigenvalue weighted by Crippen LogP contribution is -2.44. The molecular weight excluding hydrogens is 354 g/mol. The number of carbonyl (C=O) groups is 2. The van der Waals surface area contributed by atoms with Gasteiger partial charge in [-0.3, -0.25) is 20.4 Å². The van der Waals surface area contributed by atoms with Gasteiger partial charge in [-0.05, 0) is 48.5 Å². The minimum atomic E-state index is -0.480. The van der Waals surface area contributed by atoms with Crippen molar-refractivity contribution in [1.82, 2.24) is 15.4 Å². The number of nitrogens with zero attached hydrogens (tertiary/aromatic N) is 1. The zero-order valence-corrected chi connectivity index (χ0v) is 14.4. The molecular formula is C19H16ClN3O3. The van der Waals surface area contributed by atoms with E-state index in [1.165, 1.54) is 0 Å². The van der Waals surface area contributed by atoms with Gasteiger partial charge in [0.25, 0.3) is 11.8 Å². The first kappa shape index (κ1) is 17.6. The van der Waals surface area contributed by atoms with Gasteiger partial charge in [0.2, 0.25) is 0 Å². The Balaban J connectivity index is 1.56. The largest absolute Gasteiger partial charge is 0.484 e. The highest BCUT2D eigenvalue weighted by molar-refractivity contribution is 6.30. The Kier molecular flexibility index (Phi) is 5.56. The fourth-order valence-corrected chi connectivity index (χ4v) is 2.42. The van der Waals surface area contributed by atoms with Crippen molar-refractivity contribution in [1.29, 1.82) is 0 Å². The van der Waals surface area contributed by atoms with E-state index < -0.39 is 11.8 Å². The normalized spacial score (nSPS) is 10.2. The average molecular weight is 370 g/mol. The number of hydrogen-bond donors (Lipinski definition) is 2. The van der Waals surface area contributed by atoms with Crippen LogP contribution in [0.5, 0.6) is 5.75 Å². The van der Waals surface area contributed by atoms with Crippen molar-refractivity contribution in [3.63, 3.8) is 0 Å². The molecule has 132 valence electrons. The van der Waals surface area contributed by atoms with Crippen LogP contribution in [0.4, 0.5) is 0 Å². The summed E-state index contributed by atoms with van der Waals surface area (Å²) in [5, 5.41) is 0.579. The summed E-state index contributed by atoms with van der Waals surface area (Å²) in [6.45, 7) is -0.235. The molecule has 0 aliphatic carbocycles. The van der Waals surface area contributed by atoms with Gasteiger partial charge >= 0.3 is 0 Å². The Morgan fingerprint density at radius 2 is 1.62 bits per heavy atom. The van der Waals surface area contributed by atoms with Gasteiger partial charge in [0.1, 0.15) is 5.75 Å². The summed E-state index contributed by atoms with van der Waals surface area (Å²) in [6.07, 6.45) is 3.68. The predicted octanol–water partition coefficient (Wildman–Crippen LogP) is 2.97. The summed E-state index contributed by atoms with van der Waals surface area (Å²) in [5.41, 5.74) is 5.87. The molecule has 0 saturated carbocycles. The van der Waals surface area contributed by atoms with Crippen LogP contribution in [0.3, 0.4) is 0 Å². The molecule has 0 aliphatic heterocycles. The van der Waals surface area contributed by atoms with Gasteiger partial charge < -0.3 is 9.30 Å². The van der Waals surface area contributed by atoms with Crippen molar-refractivity contribution in [2.24, 2.45) is 0 Å². The molecule has 2 N–H and O–H groups in total. The zero-order chi connectivity index (χ0) is 18.4. The number of ether oxygens (including phenoxy) is 1. The van der Waals surface area contributed by atoms with E-state index in [4.69, 9.17) is 16.3 Å². The van der Waals surface area contributed by atoms with Crippen LogP contribution in [0.2, 0.25) is 5.02 Å². The summed E-state index contributed by atoms with van der Waals surface area (Å²) in [4.78, 5) is 24.2. The van der Waals surface area contributed by atoms with Gasteiger partial charge in [0.05, 0.1) is 11.3 Å². The van der Waals surface area contributed by atoms with Crippen molar-refractivity contribution >= 4 is 23.4 Å². The second kappa shape index (κ2) is 8.22. The van der Waals surface area contributed by atoms with E-state index in [1.54, 1.807) is 36.4 Å². The van der Waals surface area contributed by atoms with Crippen LogP contribution in [0.25, 0.3) is 5.69 Å². The first-order valence-electron chi connectivity index (χ1n) is 7.83. The summed E-state index contributed by atoms with van der Waals surface area (Å²) in [5.74, 6) is -0.394. The van der Waals surface area contributed by atoms with Crippen molar-refractivity contribution in [2.75, 3.05) is 6.61 Å². The second-order valence-electron chi connectivity index (χ2n) is 5.35. The lowest BCUT2D eigenvalue weighted by atomic mass is 10.1. The Morgan fingerprint density at radius 3 is 2.35 bits per heavy atom. The molecule has 2 aromatic carbocycles. The molecule has 0 spiro atoms. The van der Waals surface area contributed by atoms with E-state index in [9.17, 15) is 9.59 Å². The molecule has 0 fully saturated rings. The van der Waals surface area contributed by atoms with Crippen molar-refractivity contribution in [2.45, 2.75) is 0 Å². The third kappa shape index (κ3) is 4.43. The van der Waals surface area contributed by atoms with Crippen molar-refractivity contribution < 1.29 is 14.3 Å². The maximum Gasteiger partial charge on any atom is 0.276 e. The van der Waals surface area contributed by atoms with E-state index in [-0.39, 0.29) is 6.61 Å². The lowest BCUT2D eigenvalue weighted by molar-refractivity contribution is -0.123. The molecule has 6 nitrogen and oxygen atoms in total. The van der Waals surface area contributed by atoms with Gasteiger partial charge in [-0.15, -0.1) is 0 Å². The van der Waals surface area contributed by atoms with Gasteiger partial charge in [-0.25, -0.2) is 0 Å². The molecule has 3 rings (SSSR count). The van der Waals surface area contributed by atoms with Crippen molar-refractivity contribution in [3.8, 4) is 11.4 Å². The average Bonchev–Trinajstić information content (AvgIpc) is 3.20. The minimum absolute atomic E-state index is 0.235. The zero-order valence-electron chi connectivity index (χ0n) is 13.7. The van der Waals surface area contributed by atoms with Crippen LogP contribution >= 0.6 is 11.6 Å². The number of hydrazine groups is 1. The molecule has 1 heterocycles. The molecule has 0 atom stereocenters. The summed E-state index contributed by atoms with van der Waals surface area (Å²) >= 11 is 5.78. The quantitative estimate of drug-likeness (QED) is 0.679. The van der Waals surface area contributed by atoms with Crippen molar-refractivity contribution in [3.05, 3.63) is 83.6 Å². The number of aromatic nitrogens is 1. The Bertz CT molecular complexity index is 893. The number of rotatable bonds is 5. The minimum Gasteiger partial charge on any atom is -0.484 e. The summed E-state index contributed by atoms with van der Waals surface area (Å²) in [6, 6.07) is 17.5. The summed E-state index contributed by atoms with van der Waals surface area (Å²) < 4.78 is 7.14. The van der Waals surface area contributed by atoms with Crippen LogP contribution in [-0.4, -0.2) is 23.0 Å². The Morgan fingerprint density at radius 1 is 0.923 bits per heavy atom. The number of benzene rings is 2. The van der Waals surface area contributed by atoms with Gasteiger partial charge in [0, 0.05) is 17.4 Å². The van der Waals surface area contributed by atoms with Crippen LogP contribution in [0.1, 0.15) is 10.4 Å². The smallest absolute Gasteiger partial charge is 0.276 e. The number of nitrogens with one attached hydrogen (secondary N) is 2. The van der Waals surface area contributed by atoms with Gasteiger partial charge in [0.15, 0.2) is 6.61 Å². The maximum atomic E-state index is 12.4. The third-order valence-corrected chi connectivity index (χ3v) is 3.78. The molecule has 0 saturated heterocycles. The summed E-state index contributed by atoms with van der Waals surface area (Å²) in [7, 11) is 0. The molecule has 0 aliphatic rings. The lowest BCUT2D eigenvalue weighted by Gasteiger charge is -2.12. The molecule has 1 aromatic heterocycles. The molecule has 3 aromatic rings. The fraction of sp³-hybridized carbons (Fsp3) is 0.0526. The number of amides is 2. The number of carbonyl (C=O) groups excluding carboxylic acids is 2. The van der Waals surface area contributed by atoms with E-state index in [2.05, 4.69) is 10.9 Å². The fourth-order valence-electron chi connectivity index (χ4n) is 2.30. The topological polar surface area (TPSA) is 72.4 Å². The van der Waals surface area contributed by atoms with Crippen LogP contribution in [0, 0.1) is 0 Å². The maximum absolute atomic E-state index is 12.4. The molecule has 0 unspecified atom stereocenters. The highest BCUT2D eigenvalue weighted by Crippen LogP contribution is 2.15. The highest BCUT2D eigenvalue weighted by Gasteiger charge is 2.13. The molecule has 7 heteroatoms. The van der Waals surface area contributed by atoms with Gasteiger partial charge in [-0.1, -0.05) is 23.7 Å². The van der Waals surface area contributed by atoms with E-state index in [0.717, 1.165) is 0 Å². The first-order chi connectivity index (χ1) is 12.6. The van der Waals surface area contributed by atoms with Crippen LogP contribution in [0.15, 0.2) is 73.1 Å². The van der Waals surface area contributed by atoms with Crippen LogP contribution < -0.4 is 15.6 Å². The Labute approximate surface area is 155 Å². The van der Waals surface area contributed by atoms with E-state index >= 15 is 0 Å². The SMILES string of the molecule is O=C(COc1ccc(Cl)cc1)NNC(=O)c1ccccc1-n1cccc1. The number of halogens is 1. The van der Waals surface area contributed by atoms with Gasteiger partial charge in [-0.2, -0.15) is 0 Å². The monoisotopic (exact) mass is 369 g/mol. The standard InChI is InChI=1S/C19H16ClN3O3/c20-14-7-9-15(10-8-14)26-13-18(24)21-22-19(25)16-5-1-2-6-17(16)23-11-3-4-12-23/h1-12H,13H2,(H,21,24)(H,22,25). The van der Waals surface area contributed by atoms with E-state index in [0.29, 0.717) is 22.0 Å². The molecule has 2 amide bonds. The number of hydrogen-bond acceptors (Lipinski definition) is 3. The highest BCUT2D eigenvalue weighted by atomic mass is 35.5.